The summed E-state index contributed by atoms with van der Waals surface area (Å²) < 4.78 is 0. The fourth-order valence-corrected chi connectivity index (χ4v) is 0.888. The predicted molar refractivity (Wildman–Crippen MR) is 50.1 cm³/mol. The van der Waals surface area contributed by atoms with E-state index in [4.69, 9.17) is 0 Å². The lowest BCUT2D eigenvalue weighted by Gasteiger charge is -2.09. The van der Waals surface area contributed by atoms with Gasteiger partial charge in [-0.3, -0.25) is 0 Å². The first-order valence-electron chi connectivity index (χ1n) is 4.30. The molecule has 3 heteroatoms. The maximum Gasteiger partial charge on any atom is 0.336 e. The maximum absolute atomic E-state index is 11.0. The van der Waals surface area contributed by atoms with Crippen molar-refractivity contribution in [1.29, 1.82) is 0 Å². The molecule has 1 unspecified atom stereocenters. The first-order valence-corrected chi connectivity index (χ1v) is 4.30. The van der Waals surface area contributed by atoms with Gasteiger partial charge < -0.3 is 5.32 Å². The standard InChI is InChI=1S/C9H17N2O/c1-4-6-8(3)11-9(12)10-7-5-2/h5,8H,2,4,6-7H2,1,3H3,(H,10,12). The van der Waals surface area contributed by atoms with Crippen molar-refractivity contribution < 1.29 is 4.79 Å². The second kappa shape index (κ2) is 6.70. The molecule has 1 N–H and O–H groups in total. The predicted octanol–water partition coefficient (Wildman–Crippen LogP) is 1.67. The van der Waals surface area contributed by atoms with E-state index in [1.807, 2.05) is 6.92 Å². The third-order valence-electron chi connectivity index (χ3n) is 1.44. The quantitative estimate of drug-likeness (QED) is 0.625. The number of urea groups is 1. The van der Waals surface area contributed by atoms with Crippen molar-refractivity contribution in [3.05, 3.63) is 12.7 Å². The number of rotatable bonds is 5. The van der Waals surface area contributed by atoms with Crippen molar-refractivity contribution in [2.45, 2.75) is 32.7 Å². The summed E-state index contributed by atoms with van der Waals surface area (Å²) in [5.74, 6) is 0. The van der Waals surface area contributed by atoms with Gasteiger partial charge >= 0.3 is 6.03 Å². The highest BCUT2D eigenvalue weighted by Crippen LogP contribution is 1.95. The summed E-state index contributed by atoms with van der Waals surface area (Å²) >= 11 is 0. The highest BCUT2D eigenvalue weighted by Gasteiger charge is 2.06. The van der Waals surface area contributed by atoms with E-state index >= 15 is 0 Å². The molecular weight excluding hydrogens is 152 g/mol. The number of nitrogens with zero attached hydrogens (tertiary/aromatic N) is 1. The Hall–Kier alpha value is -0.990. The zero-order valence-electron chi connectivity index (χ0n) is 7.84. The first-order chi connectivity index (χ1) is 5.70. The molecular formula is C9H17N2O. The minimum absolute atomic E-state index is 0.125. The molecule has 0 aliphatic heterocycles. The maximum atomic E-state index is 11.0. The smallest absolute Gasteiger partial charge is 0.333 e. The Labute approximate surface area is 74.2 Å². The molecule has 1 atom stereocenters. The Morgan fingerprint density at radius 3 is 2.92 bits per heavy atom. The average molecular weight is 169 g/mol. The van der Waals surface area contributed by atoms with Gasteiger partial charge in [-0.15, -0.1) is 6.58 Å². The van der Waals surface area contributed by atoms with Gasteiger partial charge in [-0.25, -0.2) is 10.1 Å². The molecule has 0 fully saturated rings. The van der Waals surface area contributed by atoms with Gasteiger partial charge in [0, 0.05) is 6.54 Å². The van der Waals surface area contributed by atoms with Crippen molar-refractivity contribution in [1.82, 2.24) is 10.6 Å². The van der Waals surface area contributed by atoms with Crippen molar-refractivity contribution in [3.63, 3.8) is 0 Å². The minimum atomic E-state index is -0.240. The van der Waals surface area contributed by atoms with Crippen LogP contribution in [0, 0.1) is 0 Å². The van der Waals surface area contributed by atoms with E-state index in [9.17, 15) is 4.79 Å². The third kappa shape index (κ3) is 5.77. The number of amides is 2. The summed E-state index contributed by atoms with van der Waals surface area (Å²) in [5.41, 5.74) is 0. The Morgan fingerprint density at radius 2 is 2.42 bits per heavy atom. The van der Waals surface area contributed by atoms with Crippen LogP contribution >= 0.6 is 0 Å². The second-order valence-corrected chi connectivity index (χ2v) is 2.74. The molecule has 0 spiro atoms. The number of hydrogen-bond donors (Lipinski definition) is 1. The van der Waals surface area contributed by atoms with Gasteiger partial charge in [-0.1, -0.05) is 19.4 Å². The zero-order valence-corrected chi connectivity index (χ0v) is 7.84. The van der Waals surface area contributed by atoms with E-state index in [1.165, 1.54) is 0 Å². The molecule has 0 saturated heterocycles. The highest BCUT2D eigenvalue weighted by atomic mass is 16.2. The molecule has 69 valence electrons. The van der Waals surface area contributed by atoms with Crippen LogP contribution in [0.15, 0.2) is 12.7 Å². The van der Waals surface area contributed by atoms with Crippen LogP contribution in [-0.2, 0) is 0 Å². The molecule has 0 rings (SSSR count). The van der Waals surface area contributed by atoms with E-state index in [1.54, 1.807) is 6.08 Å². The zero-order chi connectivity index (χ0) is 9.40. The fraction of sp³-hybridized carbons (Fsp3) is 0.667. The Morgan fingerprint density at radius 1 is 1.75 bits per heavy atom. The lowest BCUT2D eigenvalue weighted by atomic mass is 10.2. The molecule has 12 heavy (non-hydrogen) atoms. The Bertz CT molecular complexity index is 145. The molecule has 3 nitrogen and oxygen atoms in total. The molecule has 0 aliphatic carbocycles. The van der Waals surface area contributed by atoms with E-state index in [0.29, 0.717) is 6.54 Å². The largest absolute Gasteiger partial charge is 0.336 e. The normalized spacial score (nSPS) is 11.8. The second-order valence-electron chi connectivity index (χ2n) is 2.74. The van der Waals surface area contributed by atoms with Crippen molar-refractivity contribution in [2.24, 2.45) is 0 Å². The molecule has 2 amide bonds. The molecule has 0 heterocycles. The summed E-state index contributed by atoms with van der Waals surface area (Å²) in [5, 5.41) is 6.50. The van der Waals surface area contributed by atoms with Gasteiger partial charge in [0.1, 0.15) is 0 Å². The summed E-state index contributed by atoms with van der Waals surface area (Å²) in [4.78, 5) is 11.0. The average Bonchev–Trinajstić information content (AvgIpc) is 2.01. The van der Waals surface area contributed by atoms with Gasteiger partial charge in [0.15, 0.2) is 0 Å². The van der Waals surface area contributed by atoms with Crippen molar-refractivity contribution in [2.75, 3.05) is 6.54 Å². The molecule has 0 bridgehead atoms. The van der Waals surface area contributed by atoms with Crippen LogP contribution in [0.25, 0.3) is 0 Å². The number of carbonyl (C=O) groups is 1. The van der Waals surface area contributed by atoms with Gasteiger partial charge in [0.05, 0.1) is 6.04 Å². The highest BCUT2D eigenvalue weighted by molar-refractivity contribution is 5.73. The van der Waals surface area contributed by atoms with Crippen LogP contribution in [0.4, 0.5) is 4.79 Å². The molecule has 0 aromatic heterocycles. The number of nitrogens with one attached hydrogen (secondary N) is 1. The van der Waals surface area contributed by atoms with Crippen LogP contribution in [0.1, 0.15) is 26.7 Å². The molecule has 0 aromatic carbocycles. The van der Waals surface area contributed by atoms with Crippen LogP contribution in [0.5, 0.6) is 0 Å². The Balaban J connectivity index is 3.46. The third-order valence-corrected chi connectivity index (χ3v) is 1.44. The summed E-state index contributed by atoms with van der Waals surface area (Å²) in [6.45, 7) is 8.00. The van der Waals surface area contributed by atoms with Crippen LogP contribution in [0.3, 0.4) is 0 Å². The number of hydrogen-bond acceptors (Lipinski definition) is 1. The lowest BCUT2D eigenvalue weighted by molar-refractivity contribution is 0.237. The fourth-order valence-electron chi connectivity index (χ4n) is 0.888. The monoisotopic (exact) mass is 169 g/mol. The Kier molecular flexibility index (Phi) is 6.15. The molecule has 0 aliphatic rings. The van der Waals surface area contributed by atoms with Gasteiger partial charge in [-0.05, 0) is 13.3 Å². The van der Waals surface area contributed by atoms with Gasteiger partial charge in [-0.2, -0.15) is 0 Å². The first kappa shape index (κ1) is 11.0. The van der Waals surface area contributed by atoms with Gasteiger partial charge in [0.25, 0.3) is 0 Å². The van der Waals surface area contributed by atoms with E-state index < -0.39 is 0 Å². The van der Waals surface area contributed by atoms with Crippen LogP contribution in [-0.4, -0.2) is 18.6 Å². The van der Waals surface area contributed by atoms with Crippen molar-refractivity contribution >= 4 is 6.03 Å². The van der Waals surface area contributed by atoms with Crippen LogP contribution < -0.4 is 10.6 Å². The number of carbonyl (C=O) groups excluding carboxylic acids is 1. The minimum Gasteiger partial charge on any atom is -0.333 e. The summed E-state index contributed by atoms with van der Waals surface area (Å²) in [7, 11) is 0. The lowest BCUT2D eigenvalue weighted by Crippen LogP contribution is -2.35. The van der Waals surface area contributed by atoms with E-state index in [-0.39, 0.29) is 12.1 Å². The van der Waals surface area contributed by atoms with E-state index in [0.717, 1.165) is 12.8 Å². The SMILES string of the molecule is C=CCNC(=O)[N]C(C)CCC. The summed E-state index contributed by atoms with van der Waals surface area (Å²) in [6.07, 6.45) is 3.65. The summed E-state index contributed by atoms with van der Waals surface area (Å²) in [6, 6.07) is -0.115. The molecule has 0 aromatic rings. The van der Waals surface area contributed by atoms with Crippen LogP contribution in [0.2, 0.25) is 0 Å². The molecule has 1 radical (unpaired) electrons. The van der Waals surface area contributed by atoms with Crippen molar-refractivity contribution in [3.8, 4) is 0 Å². The van der Waals surface area contributed by atoms with Gasteiger partial charge in [0.2, 0.25) is 0 Å². The topological polar surface area (TPSA) is 43.2 Å². The molecule has 0 saturated carbocycles. The van der Waals surface area contributed by atoms with E-state index in [2.05, 4.69) is 24.1 Å².